The van der Waals surface area contributed by atoms with E-state index < -0.39 is 12.0 Å². The Morgan fingerprint density at radius 2 is 2.25 bits per heavy atom. The van der Waals surface area contributed by atoms with E-state index in [1.54, 1.807) is 6.07 Å². The van der Waals surface area contributed by atoms with Crippen LogP contribution in [0.15, 0.2) is 24.3 Å². The van der Waals surface area contributed by atoms with Crippen molar-refractivity contribution in [1.29, 1.82) is 0 Å². The highest BCUT2D eigenvalue weighted by molar-refractivity contribution is 7.22. The molecule has 0 fully saturated rings. The van der Waals surface area contributed by atoms with Crippen molar-refractivity contribution in [3.63, 3.8) is 0 Å². The van der Waals surface area contributed by atoms with E-state index >= 15 is 0 Å². The van der Waals surface area contributed by atoms with Crippen LogP contribution in [0.3, 0.4) is 0 Å². The van der Waals surface area contributed by atoms with E-state index in [1.165, 1.54) is 35.1 Å². The number of carboxylic acids is 1. The molecule has 3 aromatic rings. The summed E-state index contributed by atoms with van der Waals surface area (Å²) in [6.45, 7) is 1.50. The van der Waals surface area contributed by atoms with Crippen LogP contribution in [-0.4, -0.2) is 31.3 Å². The number of nitrogens with zero attached hydrogens (tertiary/aromatic N) is 4. The third kappa shape index (κ3) is 2.03. The van der Waals surface area contributed by atoms with Gasteiger partial charge in [0.15, 0.2) is 11.9 Å². The molecule has 1 atom stereocenters. The Morgan fingerprint density at radius 1 is 1.45 bits per heavy atom. The molecule has 0 aliphatic heterocycles. The first kappa shape index (κ1) is 12.7. The van der Waals surface area contributed by atoms with Crippen molar-refractivity contribution in [3.05, 3.63) is 30.1 Å². The highest BCUT2D eigenvalue weighted by atomic mass is 32.1. The molecular formula is C12H9FN4O2S. The second-order valence-electron chi connectivity index (χ2n) is 4.25. The van der Waals surface area contributed by atoms with Crippen LogP contribution in [0.4, 0.5) is 4.39 Å². The van der Waals surface area contributed by atoms with E-state index in [9.17, 15) is 9.18 Å². The minimum absolute atomic E-state index is 0.315. The topological polar surface area (TPSA) is 80.9 Å². The molecule has 2 aromatic heterocycles. The lowest BCUT2D eigenvalue weighted by Gasteiger charge is -2.06. The normalized spacial score (nSPS) is 12.7. The number of fused-ring (bicyclic) bond motifs is 1. The smallest absolute Gasteiger partial charge is 0.328 e. The van der Waals surface area contributed by atoms with E-state index in [2.05, 4.69) is 15.5 Å². The van der Waals surface area contributed by atoms with Gasteiger partial charge in [-0.25, -0.2) is 13.9 Å². The number of benzene rings is 1. The van der Waals surface area contributed by atoms with Gasteiger partial charge in [0.05, 0.1) is 4.88 Å². The number of tetrazole rings is 1. The van der Waals surface area contributed by atoms with Crippen molar-refractivity contribution in [2.45, 2.75) is 13.0 Å². The Bertz CT molecular complexity index is 798. The fourth-order valence-electron chi connectivity index (χ4n) is 1.84. The molecule has 0 bridgehead atoms. The summed E-state index contributed by atoms with van der Waals surface area (Å²) < 4.78 is 15.2. The van der Waals surface area contributed by atoms with Crippen molar-refractivity contribution in [3.8, 4) is 10.7 Å². The average Bonchev–Trinajstić information content (AvgIpc) is 3.02. The predicted octanol–water partition coefficient (Wildman–Crippen LogP) is 2.34. The van der Waals surface area contributed by atoms with Crippen molar-refractivity contribution < 1.29 is 14.3 Å². The fourth-order valence-corrected chi connectivity index (χ4v) is 2.90. The minimum Gasteiger partial charge on any atom is -0.480 e. The third-order valence-electron chi connectivity index (χ3n) is 2.92. The maximum atomic E-state index is 13.2. The second-order valence-corrected chi connectivity index (χ2v) is 5.34. The zero-order chi connectivity index (χ0) is 14.3. The maximum Gasteiger partial charge on any atom is 0.328 e. The van der Waals surface area contributed by atoms with Crippen LogP contribution in [0, 0.1) is 5.82 Å². The van der Waals surface area contributed by atoms with Crippen LogP contribution in [0.5, 0.6) is 0 Å². The Hall–Kier alpha value is -2.35. The Kier molecular flexibility index (Phi) is 2.94. The molecule has 1 aromatic carbocycles. The van der Waals surface area contributed by atoms with Gasteiger partial charge in [-0.3, -0.25) is 0 Å². The van der Waals surface area contributed by atoms with Gasteiger partial charge in [-0.05, 0) is 40.9 Å². The number of hydrogen-bond donors (Lipinski definition) is 1. The highest BCUT2D eigenvalue weighted by Crippen LogP contribution is 2.33. The molecule has 0 spiro atoms. The third-order valence-corrected chi connectivity index (χ3v) is 4.01. The molecule has 0 aliphatic carbocycles. The summed E-state index contributed by atoms with van der Waals surface area (Å²) in [5.74, 6) is -0.975. The van der Waals surface area contributed by atoms with Crippen LogP contribution < -0.4 is 0 Å². The lowest BCUT2D eigenvalue weighted by molar-refractivity contribution is -0.140. The summed E-state index contributed by atoms with van der Waals surface area (Å²) in [7, 11) is 0. The van der Waals surface area contributed by atoms with Crippen molar-refractivity contribution in [1.82, 2.24) is 20.2 Å². The monoisotopic (exact) mass is 292 g/mol. The summed E-state index contributed by atoms with van der Waals surface area (Å²) in [6, 6.07) is 5.41. The van der Waals surface area contributed by atoms with Crippen LogP contribution in [-0.2, 0) is 4.79 Å². The van der Waals surface area contributed by atoms with Gasteiger partial charge < -0.3 is 5.11 Å². The maximum absolute atomic E-state index is 13.2. The Labute approximate surface area is 116 Å². The van der Waals surface area contributed by atoms with Crippen molar-refractivity contribution >= 4 is 27.4 Å². The molecule has 20 heavy (non-hydrogen) atoms. The number of aromatic nitrogens is 4. The quantitative estimate of drug-likeness (QED) is 0.801. The summed E-state index contributed by atoms with van der Waals surface area (Å²) in [5.41, 5.74) is 0. The van der Waals surface area contributed by atoms with Gasteiger partial charge in [-0.1, -0.05) is 6.07 Å². The van der Waals surface area contributed by atoms with Crippen LogP contribution in [0.2, 0.25) is 0 Å². The first-order valence-electron chi connectivity index (χ1n) is 5.76. The van der Waals surface area contributed by atoms with Crippen LogP contribution >= 0.6 is 11.3 Å². The molecule has 0 amide bonds. The lowest BCUT2D eigenvalue weighted by Crippen LogP contribution is -2.17. The van der Waals surface area contributed by atoms with Crippen molar-refractivity contribution in [2.75, 3.05) is 0 Å². The zero-order valence-electron chi connectivity index (χ0n) is 10.3. The number of carboxylic acid groups (broad SMARTS) is 1. The van der Waals surface area contributed by atoms with Gasteiger partial charge >= 0.3 is 5.97 Å². The highest BCUT2D eigenvalue weighted by Gasteiger charge is 2.21. The SMILES string of the molecule is CC(C(=O)O)n1nnnc1-c1cc2ccc(F)cc2s1. The lowest BCUT2D eigenvalue weighted by atomic mass is 10.2. The molecular weight excluding hydrogens is 283 g/mol. The van der Waals surface area contributed by atoms with Gasteiger partial charge in [-0.15, -0.1) is 16.4 Å². The number of hydrogen-bond acceptors (Lipinski definition) is 5. The largest absolute Gasteiger partial charge is 0.480 e. The number of rotatable bonds is 3. The van der Waals surface area contributed by atoms with E-state index in [0.29, 0.717) is 10.7 Å². The summed E-state index contributed by atoms with van der Waals surface area (Å²) in [4.78, 5) is 11.7. The molecule has 0 aliphatic rings. The first-order chi connectivity index (χ1) is 9.56. The first-order valence-corrected chi connectivity index (χ1v) is 6.58. The zero-order valence-corrected chi connectivity index (χ0v) is 11.1. The van der Waals surface area contributed by atoms with Gasteiger partial charge in [0.25, 0.3) is 0 Å². The molecule has 2 heterocycles. The molecule has 1 unspecified atom stereocenters. The van der Waals surface area contributed by atoms with E-state index in [0.717, 1.165) is 10.1 Å². The molecule has 0 radical (unpaired) electrons. The molecule has 0 saturated carbocycles. The molecule has 1 N–H and O–H groups in total. The van der Waals surface area contributed by atoms with Gasteiger partial charge in [0.2, 0.25) is 0 Å². The summed E-state index contributed by atoms with van der Waals surface area (Å²) in [6.07, 6.45) is 0. The van der Waals surface area contributed by atoms with Crippen LogP contribution in [0.1, 0.15) is 13.0 Å². The standard InChI is InChI=1S/C12H9FN4O2S/c1-6(12(18)19)17-11(14-15-16-17)10-4-7-2-3-8(13)5-9(7)20-10/h2-6H,1H3,(H,18,19). The predicted molar refractivity (Wildman–Crippen MR) is 70.9 cm³/mol. The average molecular weight is 292 g/mol. The molecule has 0 saturated heterocycles. The summed E-state index contributed by atoms with van der Waals surface area (Å²) >= 11 is 1.32. The molecule has 6 nitrogen and oxygen atoms in total. The molecule has 3 rings (SSSR count). The number of carbonyl (C=O) groups is 1. The van der Waals surface area contributed by atoms with Gasteiger partial charge in [0.1, 0.15) is 5.82 Å². The van der Waals surface area contributed by atoms with Crippen molar-refractivity contribution in [2.24, 2.45) is 0 Å². The van der Waals surface area contributed by atoms with Gasteiger partial charge in [0, 0.05) is 4.70 Å². The van der Waals surface area contributed by atoms with Crippen LogP contribution in [0.25, 0.3) is 20.8 Å². The minimum atomic E-state index is -1.02. The van der Waals surface area contributed by atoms with E-state index in [-0.39, 0.29) is 5.82 Å². The molecule has 8 heteroatoms. The van der Waals surface area contributed by atoms with Gasteiger partial charge in [-0.2, -0.15) is 0 Å². The Morgan fingerprint density at radius 3 is 3.00 bits per heavy atom. The Balaban J connectivity index is 2.12. The summed E-state index contributed by atoms with van der Waals surface area (Å²) in [5, 5.41) is 21.0. The number of thiophene rings is 1. The second kappa shape index (κ2) is 4.64. The number of aliphatic carboxylic acids is 1. The van der Waals surface area contributed by atoms with E-state index in [1.807, 2.05) is 6.07 Å². The van der Waals surface area contributed by atoms with E-state index in [4.69, 9.17) is 5.11 Å². The number of halogens is 1. The molecule has 102 valence electrons. The fraction of sp³-hybridized carbons (Fsp3) is 0.167.